The first kappa shape index (κ1) is 19.7. The lowest BCUT2D eigenvalue weighted by molar-refractivity contribution is 0.403. The summed E-state index contributed by atoms with van der Waals surface area (Å²) in [7, 11) is -1.06. The zero-order valence-electron chi connectivity index (χ0n) is 15.5. The molecule has 5 nitrogen and oxygen atoms in total. The third kappa shape index (κ3) is 3.94. The van der Waals surface area contributed by atoms with E-state index in [1.165, 1.54) is 32.4 Å². The molecular formula is C21H20FNO4S. The van der Waals surface area contributed by atoms with Crippen molar-refractivity contribution in [3.63, 3.8) is 0 Å². The molecule has 146 valence electrons. The first-order valence-corrected chi connectivity index (χ1v) is 9.94. The quantitative estimate of drug-likeness (QED) is 0.594. The van der Waals surface area contributed by atoms with Gasteiger partial charge < -0.3 is 9.47 Å². The maximum Gasteiger partial charge on any atom is 0.264 e. The van der Waals surface area contributed by atoms with Crippen molar-refractivity contribution in [2.75, 3.05) is 18.5 Å². The summed E-state index contributed by atoms with van der Waals surface area (Å²) in [6.45, 7) is -0.201. The van der Waals surface area contributed by atoms with Gasteiger partial charge in [-0.1, -0.05) is 36.4 Å². The Kier molecular flexibility index (Phi) is 5.84. The first-order valence-electron chi connectivity index (χ1n) is 8.50. The maximum absolute atomic E-state index is 14.3. The van der Waals surface area contributed by atoms with Crippen molar-refractivity contribution in [1.29, 1.82) is 0 Å². The van der Waals surface area contributed by atoms with Gasteiger partial charge in [-0.2, -0.15) is 0 Å². The number of hydrogen-bond donors (Lipinski definition) is 0. The molecule has 0 fully saturated rings. The van der Waals surface area contributed by atoms with Crippen LogP contribution in [-0.2, 0) is 16.6 Å². The molecule has 0 aliphatic carbocycles. The fraction of sp³-hybridized carbons (Fsp3) is 0.143. The molecule has 0 unspecified atom stereocenters. The van der Waals surface area contributed by atoms with Crippen LogP contribution in [0.1, 0.15) is 5.56 Å². The Balaban J connectivity index is 2.19. The molecule has 3 aromatic rings. The van der Waals surface area contributed by atoms with Crippen molar-refractivity contribution in [3.8, 4) is 11.5 Å². The van der Waals surface area contributed by atoms with Crippen molar-refractivity contribution < 1.29 is 22.3 Å². The van der Waals surface area contributed by atoms with Crippen molar-refractivity contribution in [2.24, 2.45) is 0 Å². The first-order chi connectivity index (χ1) is 13.5. The minimum atomic E-state index is -4.00. The molecule has 3 rings (SSSR count). The number of ether oxygens (including phenoxy) is 2. The number of anilines is 1. The third-order valence-electron chi connectivity index (χ3n) is 4.26. The van der Waals surface area contributed by atoms with E-state index in [0.29, 0.717) is 11.5 Å². The Hall–Kier alpha value is -3.06. The SMILES string of the molecule is COc1ccc(OC)c(N(Cc2ccccc2F)S(=O)(=O)c2ccccc2)c1. The Morgan fingerprint density at radius 2 is 1.57 bits per heavy atom. The predicted molar refractivity (Wildman–Crippen MR) is 106 cm³/mol. The highest BCUT2D eigenvalue weighted by molar-refractivity contribution is 7.92. The number of nitrogens with zero attached hydrogens (tertiary/aromatic N) is 1. The molecule has 0 saturated heterocycles. The largest absolute Gasteiger partial charge is 0.497 e. The topological polar surface area (TPSA) is 55.8 Å². The van der Waals surface area contributed by atoms with Gasteiger partial charge >= 0.3 is 0 Å². The molecule has 0 N–H and O–H groups in total. The fourth-order valence-electron chi connectivity index (χ4n) is 2.79. The van der Waals surface area contributed by atoms with Gasteiger partial charge in [0.2, 0.25) is 0 Å². The van der Waals surface area contributed by atoms with Crippen LogP contribution in [0.25, 0.3) is 0 Å². The molecule has 0 radical (unpaired) electrons. The van der Waals surface area contributed by atoms with E-state index in [-0.39, 0.29) is 22.7 Å². The van der Waals surface area contributed by atoms with E-state index >= 15 is 0 Å². The van der Waals surface area contributed by atoms with Crippen LogP contribution in [0.4, 0.5) is 10.1 Å². The molecule has 0 heterocycles. The summed E-state index contributed by atoms with van der Waals surface area (Å²) in [6, 6.07) is 18.9. The van der Waals surface area contributed by atoms with Crippen LogP contribution in [0.5, 0.6) is 11.5 Å². The second-order valence-electron chi connectivity index (χ2n) is 5.95. The molecule has 7 heteroatoms. The van der Waals surface area contributed by atoms with Gasteiger partial charge in [-0.15, -0.1) is 0 Å². The molecule has 3 aromatic carbocycles. The lowest BCUT2D eigenvalue weighted by atomic mass is 10.2. The zero-order valence-corrected chi connectivity index (χ0v) is 16.3. The van der Waals surface area contributed by atoms with Gasteiger partial charge in [0.15, 0.2) is 0 Å². The highest BCUT2D eigenvalue weighted by atomic mass is 32.2. The Bertz CT molecular complexity index is 1060. The van der Waals surface area contributed by atoms with Crippen LogP contribution >= 0.6 is 0 Å². The second-order valence-corrected chi connectivity index (χ2v) is 7.82. The predicted octanol–water partition coefficient (Wildman–Crippen LogP) is 4.24. The average molecular weight is 401 g/mol. The normalized spacial score (nSPS) is 11.1. The molecule has 0 amide bonds. The summed E-state index contributed by atoms with van der Waals surface area (Å²) in [5, 5.41) is 0. The Morgan fingerprint density at radius 3 is 2.21 bits per heavy atom. The fourth-order valence-corrected chi connectivity index (χ4v) is 4.26. The summed E-state index contributed by atoms with van der Waals surface area (Å²) < 4.78 is 52.9. The van der Waals surface area contributed by atoms with Crippen LogP contribution in [-0.4, -0.2) is 22.6 Å². The van der Waals surface area contributed by atoms with Crippen molar-refractivity contribution in [2.45, 2.75) is 11.4 Å². The molecule has 0 saturated carbocycles. The summed E-state index contributed by atoms with van der Waals surface area (Å²) in [5.41, 5.74) is 0.501. The molecule has 0 aliphatic rings. The number of benzene rings is 3. The molecule has 0 aromatic heterocycles. The smallest absolute Gasteiger partial charge is 0.264 e. The molecule has 0 atom stereocenters. The molecule has 0 bridgehead atoms. The molecule has 0 aliphatic heterocycles. The van der Waals surface area contributed by atoms with Crippen LogP contribution in [0.3, 0.4) is 0 Å². The molecular weight excluding hydrogens is 381 g/mol. The highest BCUT2D eigenvalue weighted by Crippen LogP contribution is 2.36. The summed E-state index contributed by atoms with van der Waals surface area (Å²) in [6.07, 6.45) is 0. The van der Waals surface area contributed by atoms with Gasteiger partial charge in [0.25, 0.3) is 10.0 Å². The minimum Gasteiger partial charge on any atom is -0.497 e. The lowest BCUT2D eigenvalue weighted by Gasteiger charge is -2.26. The molecule has 28 heavy (non-hydrogen) atoms. The van der Waals surface area contributed by atoms with Gasteiger partial charge in [-0.3, -0.25) is 4.31 Å². The Morgan fingerprint density at radius 1 is 0.893 bits per heavy atom. The van der Waals surface area contributed by atoms with Crippen molar-refractivity contribution >= 4 is 15.7 Å². The van der Waals surface area contributed by atoms with Crippen LogP contribution < -0.4 is 13.8 Å². The van der Waals surface area contributed by atoms with Crippen LogP contribution in [0.15, 0.2) is 77.7 Å². The van der Waals surface area contributed by atoms with Crippen LogP contribution in [0, 0.1) is 5.82 Å². The average Bonchev–Trinajstić information content (AvgIpc) is 2.73. The van der Waals surface area contributed by atoms with Gasteiger partial charge in [-0.05, 0) is 30.3 Å². The number of methoxy groups -OCH3 is 2. The van der Waals surface area contributed by atoms with E-state index < -0.39 is 15.8 Å². The van der Waals surface area contributed by atoms with Gasteiger partial charge in [0, 0.05) is 11.6 Å². The van der Waals surface area contributed by atoms with Crippen molar-refractivity contribution in [1.82, 2.24) is 0 Å². The maximum atomic E-state index is 14.3. The van der Waals surface area contributed by atoms with E-state index in [1.54, 1.807) is 54.6 Å². The summed E-state index contributed by atoms with van der Waals surface area (Å²) in [5.74, 6) is 0.298. The summed E-state index contributed by atoms with van der Waals surface area (Å²) in [4.78, 5) is 0.0937. The number of sulfonamides is 1. The monoisotopic (exact) mass is 401 g/mol. The van der Waals surface area contributed by atoms with E-state index in [2.05, 4.69) is 0 Å². The minimum absolute atomic E-state index is 0.0937. The highest BCUT2D eigenvalue weighted by Gasteiger charge is 2.28. The van der Waals surface area contributed by atoms with E-state index in [4.69, 9.17) is 9.47 Å². The number of rotatable bonds is 7. The number of halogens is 1. The lowest BCUT2D eigenvalue weighted by Crippen LogP contribution is -2.31. The third-order valence-corrected chi connectivity index (χ3v) is 6.03. The number of hydrogen-bond acceptors (Lipinski definition) is 4. The zero-order chi connectivity index (χ0) is 20.1. The Labute approximate surface area is 164 Å². The van der Waals surface area contributed by atoms with Crippen molar-refractivity contribution in [3.05, 3.63) is 84.2 Å². The second kappa shape index (κ2) is 8.31. The van der Waals surface area contributed by atoms with E-state index in [1.807, 2.05) is 0 Å². The molecule has 0 spiro atoms. The van der Waals surface area contributed by atoms with Gasteiger partial charge in [-0.25, -0.2) is 12.8 Å². The van der Waals surface area contributed by atoms with Gasteiger partial charge in [0.05, 0.1) is 31.3 Å². The van der Waals surface area contributed by atoms with E-state index in [9.17, 15) is 12.8 Å². The summed E-state index contributed by atoms with van der Waals surface area (Å²) >= 11 is 0. The van der Waals surface area contributed by atoms with E-state index in [0.717, 1.165) is 4.31 Å². The van der Waals surface area contributed by atoms with Crippen LogP contribution in [0.2, 0.25) is 0 Å². The standard InChI is InChI=1S/C21H20FNO4S/c1-26-17-12-13-21(27-2)20(14-17)23(15-16-8-6-7-11-19(16)22)28(24,25)18-9-4-3-5-10-18/h3-14H,15H2,1-2H3. The van der Waals surface area contributed by atoms with Gasteiger partial charge in [0.1, 0.15) is 17.3 Å².